The second-order valence-electron chi connectivity index (χ2n) is 6.10. The van der Waals surface area contributed by atoms with E-state index in [1.165, 1.54) is 5.56 Å². The molecule has 1 unspecified atom stereocenters. The molecule has 1 N–H and O–H groups in total. The minimum absolute atomic E-state index is 0.0259. The topological polar surface area (TPSA) is 47.6 Å². The first-order valence-electron chi connectivity index (χ1n) is 8.29. The normalized spacial score (nSPS) is 15.8. The number of hydrogen-bond donors (Lipinski definition) is 1. The molecule has 0 saturated carbocycles. The lowest BCUT2D eigenvalue weighted by Gasteiger charge is -2.18. The first-order valence-corrected chi connectivity index (χ1v) is 8.29. The molecule has 1 aliphatic rings. The van der Waals surface area contributed by atoms with Crippen LogP contribution in [0, 0.1) is 0 Å². The summed E-state index contributed by atoms with van der Waals surface area (Å²) in [6.45, 7) is 4.07. The number of hydrogen-bond acceptors (Lipinski definition) is 3. The maximum Gasteiger partial charge on any atom is 0.231 e. The van der Waals surface area contributed by atoms with Gasteiger partial charge in [0.2, 0.25) is 5.91 Å². The van der Waals surface area contributed by atoms with Crippen molar-refractivity contribution in [3.05, 3.63) is 41.5 Å². The Morgan fingerprint density at radius 1 is 1.12 bits per heavy atom. The monoisotopic (exact) mass is 325 g/mol. The van der Waals surface area contributed by atoms with Crippen molar-refractivity contribution in [2.24, 2.45) is 0 Å². The van der Waals surface area contributed by atoms with Gasteiger partial charge in [0.1, 0.15) is 11.5 Å². The molecule has 2 aromatic carbocycles. The molecule has 1 aliphatic heterocycles. The fourth-order valence-corrected chi connectivity index (χ4v) is 3.40. The third-order valence-corrected chi connectivity index (χ3v) is 4.56. The van der Waals surface area contributed by atoms with Gasteiger partial charge in [-0.2, -0.15) is 0 Å². The second kappa shape index (κ2) is 6.56. The number of ether oxygens (including phenoxy) is 2. The number of aryl methyl sites for hydroxylation is 1. The van der Waals surface area contributed by atoms with Crippen LogP contribution < -0.4 is 14.8 Å². The predicted octanol–water partition coefficient (Wildman–Crippen LogP) is 4.38. The molecule has 3 rings (SSSR count). The molecular formula is C20H23NO3. The van der Waals surface area contributed by atoms with Crippen molar-refractivity contribution in [2.45, 2.75) is 32.6 Å². The van der Waals surface area contributed by atoms with E-state index in [9.17, 15) is 4.79 Å². The maximum atomic E-state index is 12.1. The number of methoxy groups -OCH3 is 2. The zero-order chi connectivity index (χ0) is 17.3. The molecule has 126 valence electrons. The van der Waals surface area contributed by atoms with Crippen LogP contribution in [0.2, 0.25) is 0 Å². The van der Waals surface area contributed by atoms with E-state index in [4.69, 9.17) is 9.47 Å². The van der Waals surface area contributed by atoms with E-state index in [1.54, 1.807) is 14.2 Å². The van der Waals surface area contributed by atoms with E-state index in [-0.39, 0.29) is 11.8 Å². The molecule has 4 nitrogen and oxygen atoms in total. The average Bonchev–Trinajstić information content (AvgIpc) is 2.89. The number of nitrogens with one attached hydrogen (secondary N) is 1. The van der Waals surface area contributed by atoms with Crippen molar-refractivity contribution in [2.75, 3.05) is 19.5 Å². The molecule has 2 aromatic rings. The Morgan fingerprint density at radius 2 is 1.79 bits per heavy atom. The Balaban J connectivity index is 2.24. The number of fused-ring (bicyclic) bond motifs is 1. The van der Waals surface area contributed by atoms with Gasteiger partial charge in [-0.3, -0.25) is 4.79 Å². The summed E-state index contributed by atoms with van der Waals surface area (Å²) in [5.74, 6) is 1.38. The number of rotatable bonds is 5. The summed E-state index contributed by atoms with van der Waals surface area (Å²) < 4.78 is 11.3. The SMILES string of the molecule is CCCc1cc(OC)c(-c2cccc3c2C(C)C(=O)N3)c(OC)c1. The van der Waals surface area contributed by atoms with Crippen LogP contribution in [-0.2, 0) is 11.2 Å². The zero-order valence-corrected chi connectivity index (χ0v) is 14.6. The number of carbonyl (C=O) groups excluding carboxylic acids is 1. The molecular weight excluding hydrogens is 302 g/mol. The Bertz CT molecular complexity index is 757. The third kappa shape index (κ3) is 2.62. The summed E-state index contributed by atoms with van der Waals surface area (Å²) in [6.07, 6.45) is 2.03. The summed E-state index contributed by atoms with van der Waals surface area (Å²) in [4.78, 5) is 12.1. The minimum Gasteiger partial charge on any atom is -0.496 e. The highest BCUT2D eigenvalue weighted by molar-refractivity contribution is 6.05. The van der Waals surface area contributed by atoms with E-state index in [0.29, 0.717) is 0 Å². The van der Waals surface area contributed by atoms with Crippen LogP contribution in [0.4, 0.5) is 5.69 Å². The van der Waals surface area contributed by atoms with Gasteiger partial charge >= 0.3 is 0 Å². The zero-order valence-electron chi connectivity index (χ0n) is 14.6. The lowest BCUT2D eigenvalue weighted by atomic mass is 9.90. The molecule has 1 atom stereocenters. The third-order valence-electron chi connectivity index (χ3n) is 4.56. The minimum atomic E-state index is -0.194. The van der Waals surface area contributed by atoms with E-state index < -0.39 is 0 Å². The lowest BCUT2D eigenvalue weighted by Crippen LogP contribution is -2.08. The summed E-state index contributed by atoms with van der Waals surface area (Å²) in [5, 5.41) is 2.94. The van der Waals surface area contributed by atoms with Gasteiger partial charge < -0.3 is 14.8 Å². The Labute approximate surface area is 142 Å². The molecule has 24 heavy (non-hydrogen) atoms. The van der Waals surface area contributed by atoms with Crippen molar-refractivity contribution < 1.29 is 14.3 Å². The van der Waals surface area contributed by atoms with Gasteiger partial charge in [0.25, 0.3) is 0 Å². The summed E-state index contributed by atoms with van der Waals surface area (Å²) in [7, 11) is 3.34. The number of amides is 1. The highest BCUT2D eigenvalue weighted by atomic mass is 16.5. The smallest absolute Gasteiger partial charge is 0.231 e. The van der Waals surface area contributed by atoms with Gasteiger partial charge in [0.15, 0.2) is 0 Å². The van der Waals surface area contributed by atoms with Crippen LogP contribution in [0.3, 0.4) is 0 Å². The van der Waals surface area contributed by atoms with Crippen LogP contribution in [-0.4, -0.2) is 20.1 Å². The van der Waals surface area contributed by atoms with Crippen LogP contribution >= 0.6 is 0 Å². The quantitative estimate of drug-likeness (QED) is 0.887. The standard InChI is InChI=1S/C20H23NO3/c1-5-7-13-10-16(23-3)19(17(11-13)24-4)14-8-6-9-15-18(14)12(2)20(22)21-15/h6,8-12H,5,7H2,1-4H3,(H,21,22). The summed E-state index contributed by atoms with van der Waals surface area (Å²) in [6, 6.07) is 10.0. The number of carbonyl (C=O) groups is 1. The van der Waals surface area contributed by atoms with Gasteiger partial charge in [-0.15, -0.1) is 0 Å². The van der Waals surface area contributed by atoms with E-state index >= 15 is 0 Å². The van der Waals surface area contributed by atoms with Gasteiger partial charge in [0.05, 0.1) is 25.7 Å². The van der Waals surface area contributed by atoms with Crippen molar-refractivity contribution in [1.29, 1.82) is 0 Å². The molecule has 0 aromatic heterocycles. The van der Waals surface area contributed by atoms with Gasteiger partial charge in [-0.05, 0) is 48.2 Å². The Hall–Kier alpha value is -2.49. The fourth-order valence-electron chi connectivity index (χ4n) is 3.40. The molecule has 0 bridgehead atoms. The second-order valence-corrected chi connectivity index (χ2v) is 6.10. The predicted molar refractivity (Wildman–Crippen MR) is 96.0 cm³/mol. The molecule has 1 heterocycles. The van der Waals surface area contributed by atoms with Gasteiger partial charge in [-0.1, -0.05) is 25.5 Å². The van der Waals surface area contributed by atoms with Crippen LogP contribution in [0.5, 0.6) is 11.5 Å². The van der Waals surface area contributed by atoms with E-state index in [0.717, 1.165) is 46.7 Å². The van der Waals surface area contributed by atoms with Crippen LogP contribution in [0.1, 0.15) is 37.3 Å². The fraction of sp³-hybridized carbons (Fsp3) is 0.350. The van der Waals surface area contributed by atoms with Gasteiger partial charge in [0, 0.05) is 5.69 Å². The van der Waals surface area contributed by atoms with Crippen LogP contribution in [0.25, 0.3) is 11.1 Å². The highest BCUT2D eigenvalue weighted by Gasteiger charge is 2.31. The first kappa shape index (κ1) is 16.4. The van der Waals surface area contributed by atoms with Crippen molar-refractivity contribution in [3.63, 3.8) is 0 Å². The van der Waals surface area contributed by atoms with Crippen LogP contribution in [0.15, 0.2) is 30.3 Å². The largest absolute Gasteiger partial charge is 0.496 e. The lowest BCUT2D eigenvalue weighted by molar-refractivity contribution is -0.116. The van der Waals surface area contributed by atoms with E-state index in [1.807, 2.05) is 25.1 Å². The molecule has 0 radical (unpaired) electrons. The molecule has 4 heteroatoms. The molecule has 0 spiro atoms. The van der Waals surface area contributed by atoms with Gasteiger partial charge in [-0.25, -0.2) is 0 Å². The molecule has 0 aliphatic carbocycles. The molecule has 1 amide bonds. The molecule has 0 fully saturated rings. The molecule has 0 saturated heterocycles. The van der Waals surface area contributed by atoms with Crippen molar-refractivity contribution in [1.82, 2.24) is 0 Å². The summed E-state index contributed by atoms with van der Waals surface area (Å²) >= 11 is 0. The Kier molecular flexibility index (Phi) is 4.47. The van der Waals surface area contributed by atoms with Crippen molar-refractivity contribution >= 4 is 11.6 Å². The maximum absolute atomic E-state index is 12.1. The number of anilines is 1. The Morgan fingerprint density at radius 3 is 2.38 bits per heavy atom. The highest BCUT2D eigenvalue weighted by Crippen LogP contribution is 2.46. The average molecular weight is 325 g/mol. The summed E-state index contributed by atoms with van der Waals surface area (Å²) in [5.41, 5.74) is 4.94. The first-order chi connectivity index (χ1) is 11.6. The number of benzene rings is 2. The van der Waals surface area contributed by atoms with Crippen molar-refractivity contribution in [3.8, 4) is 22.6 Å². The van der Waals surface area contributed by atoms with E-state index in [2.05, 4.69) is 24.4 Å².